The summed E-state index contributed by atoms with van der Waals surface area (Å²) in [6.45, 7) is 14.1. The zero-order valence-corrected chi connectivity index (χ0v) is 22.5. The Labute approximate surface area is 198 Å². The zero-order valence-electron chi connectivity index (χ0n) is 21.3. The normalized spacial score (nSPS) is 18.2. The molecule has 1 aliphatic rings. The number of carbonyl (C=O) groups is 2. The van der Waals surface area contributed by atoms with Gasteiger partial charge in [-0.25, -0.2) is 5.06 Å². The third-order valence-electron chi connectivity index (χ3n) is 6.18. The highest BCUT2D eigenvalue weighted by molar-refractivity contribution is 6.48. The molecule has 1 rings (SSSR count). The Kier molecular flexibility index (Phi) is 10.9. The van der Waals surface area contributed by atoms with Gasteiger partial charge >= 0.3 is 12.1 Å². The molecule has 0 heterocycles. The van der Waals surface area contributed by atoms with Crippen LogP contribution in [0.2, 0.25) is 13.1 Å². The monoisotopic (exact) mass is 496 g/mol. The molecule has 0 aliphatic heterocycles. The molecule has 10 heteroatoms. The Bertz CT molecular complexity index is 632. The van der Waals surface area contributed by atoms with Gasteiger partial charge in [-0.2, -0.15) is 13.2 Å². The first-order valence-electron chi connectivity index (χ1n) is 12.0. The lowest BCUT2D eigenvalue weighted by atomic mass is 9.61. The zero-order chi connectivity index (χ0) is 25.5. The summed E-state index contributed by atoms with van der Waals surface area (Å²) in [6.07, 6.45) is 1.88. The lowest BCUT2D eigenvalue weighted by Gasteiger charge is -2.55. The number of alkyl halides is 3. The molecule has 0 aromatic carbocycles. The van der Waals surface area contributed by atoms with Crippen LogP contribution in [0.5, 0.6) is 0 Å². The van der Waals surface area contributed by atoms with Crippen LogP contribution in [0.1, 0.15) is 79.6 Å². The standard InChI is InChI=1S/C23H43F3N2O4Si/c1-20(2,3)31-28(17-29)16-21(4,5)22(32-33(6)7,18-12-9-8-10-13-18)14-11-15-27-19(30)23(24,25)26/h17-18,33H,8-16H2,1-7H3,(H,27,30). The number of hydroxylamine groups is 2. The number of hydrogen-bond acceptors (Lipinski definition) is 4. The SMILES string of the molecule is C[SiH](C)OC(CCCNC(=O)C(F)(F)F)(C1CCCCC1)C(C)(C)CN(C=O)OC(C)(C)C. The van der Waals surface area contributed by atoms with Crippen molar-refractivity contribution >= 4 is 21.4 Å². The van der Waals surface area contributed by atoms with Gasteiger partial charge in [-0.1, -0.05) is 33.1 Å². The van der Waals surface area contributed by atoms with E-state index in [1.807, 2.05) is 26.1 Å². The molecule has 1 fully saturated rings. The van der Waals surface area contributed by atoms with Gasteiger partial charge in [0.2, 0.25) is 6.41 Å². The van der Waals surface area contributed by atoms with Crippen molar-refractivity contribution in [1.29, 1.82) is 0 Å². The Morgan fingerprint density at radius 1 is 1.09 bits per heavy atom. The molecule has 6 nitrogen and oxygen atoms in total. The van der Waals surface area contributed by atoms with Crippen molar-refractivity contribution < 1.29 is 32.0 Å². The van der Waals surface area contributed by atoms with Gasteiger partial charge in [0, 0.05) is 12.0 Å². The van der Waals surface area contributed by atoms with E-state index in [-0.39, 0.29) is 12.5 Å². The Morgan fingerprint density at radius 2 is 1.67 bits per heavy atom. The third kappa shape index (κ3) is 9.20. The molecule has 1 saturated carbocycles. The van der Waals surface area contributed by atoms with Gasteiger partial charge in [0.1, 0.15) is 0 Å². The van der Waals surface area contributed by atoms with Gasteiger partial charge in [0.15, 0.2) is 9.04 Å². The van der Waals surface area contributed by atoms with Crippen molar-refractivity contribution in [3.63, 3.8) is 0 Å². The Balaban J connectivity index is 3.21. The minimum Gasteiger partial charge on any atom is -0.414 e. The van der Waals surface area contributed by atoms with Crippen LogP contribution >= 0.6 is 0 Å². The number of amides is 2. The van der Waals surface area contributed by atoms with E-state index >= 15 is 0 Å². The summed E-state index contributed by atoms with van der Waals surface area (Å²) in [5.41, 5.74) is -1.73. The van der Waals surface area contributed by atoms with Crippen LogP contribution in [-0.2, 0) is 18.9 Å². The van der Waals surface area contributed by atoms with E-state index in [2.05, 4.69) is 26.9 Å². The van der Waals surface area contributed by atoms with E-state index in [4.69, 9.17) is 9.26 Å². The van der Waals surface area contributed by atoms with E-state index < -0.39 is 37.7 Å². The topological polar surface area (TPSA) is 67.9 Å². The van der Waals surface area contributed by atoms with Crippen molar-refractivity contribution in [2.75, 3.05) is 13.1 Å². The summed E-state index contributed by atoms with van der Waals surface area (Å²) in [7, 11) is -1.58. The van der Waals surface area contributed by atoms with Crippen LogP contribution in [0.15, 0.2) is 0 Å². The van der Waals surface area contributed by atoms with Crippen molar-refractivity contribution in [3.05, 3.63) is 0 Å². The summed E-state index contributed by atoms with van der Waals surface area (Å²) in [5.74, 6) is -1.70. The first-order chi connectivity index (χ1) is 15.0. The molecule has 0 bridgehead atoms. The van der Waals surface area contributed by atoms with E-state index in [1.54, 1.807) is 0 Å². The average molecular weight is 497 g/mol. The van der Waals surface area contributed by atoms with Crippen LogP contribution in [-0.4, -0.2) is 56.9 Å². The average Bonchev–Trinajstić information content (AvgIpc) is 2.67. The number of hydrogen-bond donors (Lipinski definition) is 1. The van der Waals surface area contributed by atoms with Gasteiger partial charge < -0.3 is 9.74 Å². The molecule has 1 N–H and O–H groups in total. The van der Waals surface area contributed by atoms with Crippen LogP contribution in [0, 0.1) is 11.3 Å². The molecule has 0 spiro atoms. The third-order valence-corrected chi connectivity index (χ3v) is 7.08. The summed E-state index contributed by atoms with van der Waals surface area (Å²) in [5, 5.41) is 3.30. The van der Waals surface area contributed by atoms with Crippen molar-refractivity contribution in [1.82, 2.24) is 10.4 Å². The molecule has 2 amide bonds. The van der Waals surface area contributed by atoms with E-state index in [9.17, 15) is 22.8 Å². The lowest BCUT2D eigenvalue weighted by Crippen LogP contribution is -2.59. The fraction of sp³-hybridized carbons (Fsp3) is 0.913. The second kappa shape index (κ2) is 12.0. The van der Waals surface area contributed by atoms with Crippen LogP contribution in [0.3, 0.4) is 0 Å². The highest BCUT2D eigenvalue weighted by atomic mass is 28.3. The molecule has 1 aliphatic carbocycles. The summed E-state index contributed by atoms with van der Waals surface area (Å²) >= 11 is 0. The van der Waals surface area contributed by atoms with Crippen LogP contribution in [0.4, 0.5) is 13.2 Å². The minimum atomic E-state index is -4.89. The smallest absolute Gasteiger partial charge is 0.414 e. The predicted molar refractivity (Wildman–Crippen MR) is 125 cm³/mol. The quantitative estimate of drug-likeness (QED) is 0.179. The second-order valence-electron chi connectivity index (χ2n) is 11.0. The first kappa shape index (κ1) is 29.9. The summed E-state index contributed by atoms with van der Waals surface area (Å²) in [6, 6.07) is 0. The van der Waals surface area contributed by atoms with Crippen molar-refractivity contribution in [2.24, 2.45) is 11.3 Å². The molecular formula is C23H43F3N2O4Si. The molecule has 194 valence electrons. The first-order valence-corrected chi connectivity index (χ1v) is 14.8. The molecule has 1 unspecified atom stereocenters. The number of rotatable bonds is 12. The molecule has 33 heavy (non-hydrogen) atoms. The molecule has 1 atom stereocenters. The van der Waals surface area contributed by atoms with Crippen molar-refractivity contribution in [2.45, 2.75) is 110 Å². The predicted octanol–water partition coefficient (Wildman–Crippen LogP) is 4.98. The van der Waals surface area contributed by atoms with Crippen LogP contribution < -0.4 is 5.32 Å². The maximum Gasteiger partial charge on any atom is 0.471 e. The van der Waals surface area contributed by atoms with Gasteiger partial charge in [0.25, 0.3) is 0 Å². The molecule has 0 aromatic heterocycles. The maximum atomic E-state index is 12.6. The lowest BCUT2D eigenvalue weighted by molar-refractivity contribution is -0.238. The number of nitrogens with one attached hydrogen (secondary N) is 1. The number of halogens is 3. The highest BCUT2D eigenvalue weighted by Crippen LogP contribution is 2.49. The molecule has 0 radical (unpaired) electrons. The fourth-order valence-electron chi connectivity index (χ4n) is 5.02. The van der Waals surface area contributed by atoms with E-state index in [0.29, 0.717) is 25.8 Å². The number of carbonyl (C=O) groups excluding carboxylic acids is 2. The highest BCUT2D eigenvalue weighted by Gasteiger charge is 2.52. The molecule has 0 saturated heterocycles. The van der Waals surface area contributed by atoms with Crippen LogP contribution in [0.25, 0.3) is 0 Å². The maximum absolute atomic E-state index is 12.6. The van der Waals surface area contributed by atoms with Gasteiger partial charge in [-0.05, 0) is 65.5 Å². The number of nitrogens with zero attached hydrogens (tertiary/aromatic N) is 1. The van der Waals surface area contributed by atoms with Gasteiger partial charge in [-0.3, -0.25) is 14.4 Å². The Morgan fingerprint density at radius 3 is 2.12 bits per heavy atom. The van der Waals surface area contributed by atoms with E-state index in [1.165, 1.54) is 5.06 Å². The fourth-order valence-corrected chi connectivity index (χ4v) is 6.49. The summed E-state index contributed by atoms with van der Waals surface area (Å²) in [4.78, 5) is 28.9. The van der Waals surface area contributed by atoms with E-state index in [0.717, 1.165) is 32.1 Å². The Hall–Kier alpha value is -1.13. The molecular weight excluding hydrogens is 453 g/mol. The summed E-state index contributed by atoms with van der Waals surface area (Å²) < 4.78 is 44.6. The largest absolute Gasteiger partial charge is 0.471 e. The van der Waals surface area contributed by atoms with Crippen molar-refractivity contribution in [3.8, 4) is 0 Å². The minimum absolute atomic E-state index is 0.0816. The van der Waals surface area contributed by atoms with Gasteiger partial charge in [-0.15, -0.1) is 0 Å². The molecule has 0 aromatic rings. The van der Waals surface area contributed by atoms with Gasteiger partial charge in [0.05, 0.1) is 17.7 Å². The second-order valence-corrected chi connectivity index (χ2v) is 13.3.